The highest BCUT2D eigenvalue weighted by Crippen LogP contribution is 2.09. The molecule has 0 saturated carbocycles. The molecule has 102 valence electrons. The highest BCUT2D eigenvalue weighted by atomic mass is 32.2. The minimum atomic E-state index is -3.94. The fourth-order valence-electron chi connectivity index (χ4n) is 1.31. The number of rotatable bonds is 6. The largest absolute Gasteiger partial charge is 0.370 e. The standard InChI is InChI=1S/C8H15N5O4S/c1-12-2-3-13(5-12)18(16,17)11-6(8(10)15)4-7(9)14/h2-3,6,11H,4-5H2,1H3,(H2,9,14)(H2,10,15)/t6-/m0/s1. The van der Waals surface area contributed by atoms with Crippen molar-refractivity contribution in [3.05, 3.63) is 12.4 Å². The van der Waals surface area contributed by atoms with Gasteiger partial charge in [-0.15, -0.1) is 0 Å². The second-order valence-corrected chi connectivity index (χ2v) is 5.49. The number of nitrogens with two attached hydrogens (primary N) is 2. The molecule has 0 unspecified atom stereocenters. The quantitative estimate of drug-likeness (QED) is 0.482. The van der Waals surface area contributed by atoms with Crippen LogP contribution in [-0.4, -0.2) is 49.2 Å². The third-order valence-electron chi connectivity index (χ3n) is 2.20. The summed E-state index contributed by atoms with van der Waals surface area (Å²) in [4.78, 5) is 23.4. The van der Waals surface area contributed by atoms with Gasteiger partial charge >= 0.3 is 10.2 Å². The number of primary amides is 2. The maximum Gasteiger partial charge on any atom is 0.303 e. The normalized spacial score (nSPS) is 16.9. The molecule has 10 heteroatoms. The van der Waals surface area contributed by atoms with Gasteiger partial charge in [-0.25, -0.2) is 4.31 Å². The zero-order valence-electron chi connectivity index (χ0n) is 9.74. The Morgan fingerprint density at radius 2 is 2.00 bits per heavy atom. The molecule has 1 aliphatic heterocycles. The molecule has 1 atom stereocenters. The van der Waals surface area contributed by atoms with Crippen molar-refractivity contribution in [2.75, 3.05) is 13.7 Å². The second kappa shape index (κ2) is 5.23. The highest BCUT2D eigenvalue weighted by Gasteiger charge is 2.29. The van der Waals surface area contributed by atoms with Gasteiger partial charge in [-0.3, -0.25) is 9.59 Å². The number of nitrogens with zero attached hydrogens (tertiary/aromatic N) is 2. The minimum Gasteiger partial charge on any atom is -0.370 e. The van der Waals surface area contributed by atoms with Gasteiger partial charge in [0.2, 0.25) is 11.8 Å². The van der Waals surface area contributed by atoms with Crippen LogP contribution in [0, 0.1) is 0 Å². The first-order chi connectivity index (χ1) is 8.22. The molecule has 5 N–H and O–H groups in total. The number of hydrogen-bond acceptors (Lipinski definition) is 5. The van der Waals surface area contributed by atoms with E-state index in [0.29, 0.717) is 0 Å². The van der Waals surface area contributed by atoms with Crippen LogP contribution in [0.4, 0.5) is 0 Å². The Morgan fingerprint density at radius 3 is 2.39 bits per heavy atom. The fourth-order valence-corrected chi connectivity index (χ4v) is 2.55. The Labute approximate surface area is 105 Å². The van der Waals surface area contributed by atoms with E-state index >= 15 is 0 Å². The van der Waals surface area contributed by atoms with E-state index < -0.39 is 34.5 Å². The van der Waals surface area contributed by atoms with Crippen molar-refractivity contribution in [2.45, 2.75) is 12.5 Å². The lowest BCUT2D eigenvalue weighted by Crippen LogP contribution is -2.50. The summed E-state index contributed by atoms with van der Waals surface area (Å²) in [6.07, 6.45) is 2.39. The van der Waals surface area contributed by atoms with Gasteiger partial charge in [0.1, 0.15) is 12.7 Å². The summed E-state index contributed by atoms with van der Waals surface area (Å²) in [5.74, 6) is -1.79. The third kappa shape index (κ3) is 3.60. The predicted octanol–water partition coefficient (Wildman–Crippen LogP) is -2.77. The summed E-state index contributed by atoms with van der Waals surface area (Å²) >= 11 is 0. The number of carbonyl (C=O) groups is 2. The first-order valence-electron chi connectivity index (χ1n) is 4.97. The molecule has 2 amide bonds. The summed E-state index contributed by atoms with van der Waals surface area (Å²) in [5, 5.41) is 0. The fraction of sp³-hybridized carbons (Fsp3) is 0.500. The van der Waals surface area contributed by atoms with Gasteiger partial charge in [0.25, 0.3) is 0 Å². The monoisotopic (exact) mass is 277 g/mol. The summed E-state index contributed by atoms with van der Waals surface area (Å²) in [6.45, 7) is 0.109. The van der Waals surface area contributed by atoms with Gasteiger partial charge in [-0.2, -0.15) is 13.1 Å². The predicted molar refractivity (Wildman–Crippen MR) is 62.5 cm³/mol. The molecular formula is C8H15N5O4S. The Morgan fingerprint density at radius 1 is 1.39 bits per heavy atom. The molecule has 0 aromatic heterocycles. The minimum absolute atomic E-state index is 0.109. The van der Waals surface area contributed by atoms with Crippen LogP contribution in [0.3, 0.4) is 0 Å². The molecule has 0 saturated heterocycles. The summed E-state index contributed by atoms with van der Waals surface area (Å²) < 4.78 is 26.7. The van der Waals surface area contributed by atoms with Crippen molar-refractivity contribution in [1.82, 2.24) is 13.9 Å². The summed E-state index contributed by atoms with van der Waals surface area (Å²) in [7, 11) is -2.25. The number of amides is 2. The van der Waals surface area contributed by atoms with E-state index in [1.165, 1.54) is 6.20 Å². The van der Waals surface area contributed by atoms with E-state index in [-0.39, 0.29) is 6.67 Å². The molecule has 18 heavy (non-hydrogen) atoms. The average Bonchev–Trinajstić information content (AvgIpc) is 2.63. The van der Waals surface area contributed by atoms with E-state index in [4.69, 9.17) is 11.5 Å². The Balaban J connectivity index is 2.77. The number of nitrogens with one attached hydrogen (secondary N) is 1. The van der Waals surface area contributed by atoms with E-state index in [0.717, 1.165) is 4.31 Å². The molecular weight excluding hydrogens is 262 g/mol. The van der Waals surface area contributed by atoms with E-state index in [1.54, 1.807) is 18.1 Å². The first kappa shape index (κ1) is 14.3. The van der Waals surface area contributed by atoms with Crippen LogP contribution in [0.5, 0.6) is 0 Å². The van der Waals surface area contributed by atoms with Gasteiger partial charge in [0.05, 0.1) is 6.42 Å². The van der Waals surface area contributed by atoms with Gasteiger partial charge in [0.15, 0.2) is 0 Å². The van der Waals surface area contributed by atoms with Crippen molar-refractivity contribution in [3.63, 3.8) is 0 Å². The van der Waals surface area contributed by atoms with Crippen molar-refractivity contribution < 1.29 is 18.0 Å². The Hall–Kier alpha value is -1.81. The van der Waals surface area contributed by atoms with E-state index in [2.05, 4.69) is 0 Å². The second-order valence-electron chi connectivity index (χ2n) is 3.83. The molecule has 1 heterocycles. The third-order valence-corrected chi connectivity index (χ3v) is 3.64. The lowest BCUT2D eigenvalue weighted by molar-refractivity contribution is -0.124. The number of carbonyl (C=O) groups excluding carboxylic acids is 2. The maximum absolute atomic E-state index is 11.9. The molecule has 0 aromatic carbocycles. The molecule has 9 nitrogen and oxygen atoms in total. The van der Waals surface area contributed by atoms with Crippen molar-refractivity contribution in [2.24, 2.45) is 11.5 Å². The van der Waals surface area contributed by atoms with Crippen molar-refractivity contribution in [3.8, 4) is 0 Å². The van der Waals surface area contributed by atoms with Gasteiger partial charge in [0, 0.05) is 19.4 Å². The highest BCUT2D eigenvalue weighted by molar-refractivity contribution is 7.87. The molecule has 0 fully saturated rings. The van der Waals surface area contributed by atoms with E-state index in [1.807, 2.05) is 4.72 Å². The SMILES string of the molecule is CN1C=CN(S(=O)(=O)N[C@@H](CC(N)=O)C(N)=O)C1. The molecule has 0 bridgehead atoms. The zero-order chi connectivity index (χ0) is 13.9. The summed E-state index contributed by atoms with van der Waals surface area (Å²) in [6, 6.07) is -1.35. The van der Waals surface area contributed by atoms with Gasteiger partial charge < -0.3 is 16.4 Å². The van der Waals surface area contributed by atoms with E-state index in [9.17, 15) is 18.0 Å². The Kier molecular flexibility index (Phi) is 4.14. The molecule has 0 aromatic rings. The Bertz CT molecular complexity index is 474. The lowest BCUT2D eigenvalue weighted by Gasteiger charge is -2.21. The summed E-state index contributed by atoms with van der Waals surface area (Å²) in [5.41, 5.74) is 9.91. The maximum atomic E-state index is 11.9. The van der Waals surface area contributed by atoms with Crippen LogP contribution in [0.25, 0.3) is 0 Å². The van der Waals surface area contributed by atoms with Crippen LogP contribution in [-0.2, 0) is 19.8 Å². The molecule has 0 aliphatic carbocycles. The van der Waals surface area contributed by atoms with Crippen molar-refractivity contribution in [1.29, 1.82) is 0 Å². The lowest BCUT2D eigenvalue weighted by atomic mass is 10.2. The number of hydrogen-bond donors (Lipinski definition) is 3. The average molecular weight is 277 g/mol. The van der Waals surface area contributed by atoms with Crippen LogP contribution in [0.1, 0.15) is 6.42 Å². The molecule has 0 spiro atoms. The topological polar surface area (TPSA) is 139 Å². The van der Waals surface area contributed by atoms with Crippen LogP contribution in [0.2, 0.25) is 0 Å². The van der Waals surface area contributed by atoms with Crippen LogP contribution >= 0.6 is 0 Å². The van der Waals surface area contributed by atoms with Gasteiger partial charge in [-0.1, -0.05) is 0 Å². The van der Waals surface area contributed by atoms with Crippen molar-refractivity contribution >= 4 is 22.0 Å². The molecule has 0 radical (unpaired) electrons. The first-order valence-corrected chi connectivity index (χ1v) is 6.41. The van der Waals surface area contributed by atoms with Crippen LogP contribution in [0.15, 0.2) is 12.4 Å². The molecule has 1 aliphatic rings. The van der Waals surface area contributed by atoms with Gasteiger partial charge in [-0.05, 0) is 0 Å². The smallest absolute Gasteiger partial charge is 0.303 e. The zero-order valence-corrected chi connectivity index (χ0v) is 10.6. The molecule has 1 rings (SSSR count). The van der Waals surface area contributed by atoms with Crippen LogP contribution < -0.4 is 16.2 Å².